The van der Waals surface area contributed by atoms with Crippen LogP contribution in [-0.4, -0.2) is 15.0 Å². The van der Waals surface area contributed by atoms with Gasteiger partial charge >= 0.3 is 0 Å². The first-order valence-electron chi connectivity index (χ1n) is 7.39. The molecular formula is C17H18N4O. The van der Waals surface area contributed by atoms with Crippen LogP contribution in [0.15, 0.2) is 47.5 Å². The van der Waals surface area contributed by atoms with Crippen LogP contribution in [0.5, 0.6) is 0 Å². The first-order chi connectivity index (χ1) is 10.8. The lowest BCUT2D eigenvalue weighted by atomic mass is 9.98. The molecule has 22 heavy (non-hydrogen) atoms. The van der Waals surface area contributed by atoms with Crippen molar-refractivity contribution in [2.45, 2.75) is 26.2 Å². The molecule has 2 N–H and O–H groups in total. The Kier molecular flexibility index (Phi) is 4.14. The molecule has 112 valence electrons. The molecule has 0 saturated carbocycles. The van der Waals surface area contributed by atoms with Gasteiger partial charge in [-0.2, -0.15) is 0 Å². The predicted molar refractivity (Wildman–Crippen MR) is 86.0 cm³/mol. The molecule has 3 aromatic rings. The van der Waals surface area contributed by atoms with Gasteiger partial charge in [-0.25, -0.2) is 9.97 Å². The Bertz CT molecular complexity index is 739. The third-order valence-electron chi connectivity index (χ3n) is 3.55. The molecule has 0 amide bonds. The van der Waals surface area contributed by atoms with Crippen molar-refractivity contribution in [1.82, 2.24) is 15.0 Å². The van der Waals surface area contributed by atoms with Crippen LogP contribution >= 0.6 is 0 Å². The summed E-state index contributed by atoms with van der Waals surface area (Å²) in [4.78, 5) is 13.0. The molecule has 3 rings (SSSR count). The van der Waals surface area contributed by atoms with Crippen molar-refractivity contribution in [2.24, 2.45) is 0 Å². The predicted octanol–water partition coefficient (Wildman–Crippen LogP) is 3.72. The Hall–Kier alpha value is -2.69. The van der Waals surface area contributed by atoms with Gasteiger partial charge in [0, 0.05) is 29.1 Å². The van der Waals surface area contributed by atoms with Crippen LogP contribution in [0.2, 0.25) is 0 Å². The van der Waals surface area contributed by atoms with Gasteiger partial charge in [-0.15, -0.1) is 0 Å². The molecule has 0 aliphatic rings. The number of nitrogens with two attached hydrogens (primary N) is 1. The number of furan rings is 1. The number of pyridine rings is 1. The molecule has 0 fully saturated rings. The van der Waals surface area contributed by atoms with E-state index in [0.717, 1.165) is 47.3 Å². The zero-order chi connectivity index (χ0) is 15.4. The molecule has 0 radical (unpaired) electrons. The van der Waals surface area contributed by atoms with Crippen LogP contribution in [0.3, 0.4) is 0 Å². The maximum Gasteiger partial charge on any atom is 0.221 e. The summed E-state index contributed by atoms with van der Waals surface area (Å²) in [6.45, 7) is 2.17. The second-order valence-corrected chi connectivity index (χ2v) is 5.11. The van der Waals surface area contributed by atoms with E-state index in [-0.39, 0.29) is 5.95 Å². The van der Waals surface area contributed by atoms with E-state index >= 15 is 0 Å². The van der Waals surface area contributed by atoms with Crippen molar-refractivity contribution in [3.63, 3.8) is 0 Å². The minimum Gasteiger partial charge on any atom is -0.472 e. The molecular weight excluding hydrogens is 276 g/mol. The first-order valence-corrected chi connectivity index (χ1v) is 7.39. The number of nitrogen functional groups attached to an aromatic ring is 1. The first kappa shape index (κ1) is 14.3. The summed E-state index contributed by atoms with van der Waals surface area (Å²) in [5.74, 6) is 0.267. The summed E-state index contributed by atoms with van der Waals surface area (Å²) >= 11 is 0. The summed E-state index contributed by atoms with van der Waals surface area (Å²) in [6, 6.07) is 5.78. The molecule has 0 unspecified atom stereocenters. The molecule has 0 atom stereocenters. The highest BCUT2D eigenvalue weighted by Gasteiger charge is 2.16. The summed E-state index contributed by atoms with van der Waals surface area (Å²) in [7, 11) is 0. The van der Waals surface area contributed by atoms with Crippen LogP contribution in [0.4, 0.5) is 5.95 Å². The maximum absolute atomic E-state index is 5.93. The van der Waals surface area contributed by atoms with Crippen molar-refractivity contribution in [1.29, 1.82) is 0 Å². The van der Waals surface area contributed by atoms with E-state index in [9.17, 15) is 0 Å². The van der Waals surface area contributed by atoms with Crippen LogP contribution in [-0.2, 0) is 6.42 Å². The molecule has 0 spiro atoms. The van der Waals surface area contributed by atoms with Crippen molar-refractivity contribution in [3.8, 4) is 22.5 Å². The average molecular weight is 294 g/mol. The van der Waals surface area contributed by atoms with E-state index in [1.807, 2.05) is 18.2 Å². The fourth-order valence-electron chi connectivity index (χ4n) is 2.48. The minimum absolute atomic E-state index is 0.267. The largest absolute Gasteiger partial charge is 0.472 e. The lowest BCUT2D eigenvalue weighted by Gasteiger charge is -2.13. The molecule has 0 aromatic carbocycles. The third kappa shape index (κ3) is 2.83. The standard InChI is InChI=1S/C17H18N4O/c1-2-3-4-14-15(12-5-8-19-9-6-12)20-17(18)21-16(14)13-7-10-22-11-13/h5-11H,2-4H2,1H3,(H2,18,20,21). The second-order valence-electron chi connectivity index (χ2n) is 5.11. The molecule has 0 saturated heterocycles. The lowest BCUT2D eigenvalue weighted by molar-refractivity contribution is 0.568. The number of anilines is 1. The average Bonchev–Trinajstić information content (AvgIpc) is 3.08. The number of hydrogen-bond donors (Lipinski definition) is 1. The SMILES string of the molecule is CCCCc1c(-c2ccncc2)nc(N)nc1-c1ccoc1. The third-order valence-corrected chi connectivity index (χ3v) is 3.55. The van der Waals surface area contributed by atoms with Gasteiger partial charge in [0.1, 0.15) is 0 Å². The van der Waals surface area contributed by atoms with Crippen molar-refractivity contribution in [2.75, 3.05) is 5.73 Å². The Morgan fingerprint density at radius 2 is 1.77 bits per heavy atom. The van der Waals surface area contributed by atoms with Gasteiger partial charge in [0.2, 0.25) is 5.95 Å². The number of hydrogen-bond acceptors (Lipinski definition) is 5. The van der Waals surface area contributed by atoms with Crippen LogP contribution in [0.25, 0.3) is 22.5 Å². The highest BCUT2D eigenvalue weighted by Crippen LogP contribution is 2.31. The van der Waals surface area contributed by atoms with Gasteiger partial charge in [0.15, 0.2) is 0 Å². The zero-order valence-corrected chi connectivity index (χ0v) is 12.5. The summed E-state index contributed by atoms with van der Waals surface area (Å²) in [5, 5.41) is 0. The quantitative estimate of drug-likeness (QED) is 0.775. The summed E-state index contributed by atoms with van der Waals surface area (Å²) < 4.78 is 5.20. The van der Waals surface area contributed by atoms with E-state index in [0.29, 0.717) is 0 Å². The van der Waals surface area contributed by atoms with Gasteiger partial charge in [-0.05, 0) is 31.0 Å². The highest BCUT2D eigenvalue weighted by atomic mass is 16.3. The smallest absolute Gasteiger partial charge is 0.221 e. The van der Waals surface area contributed by atoms with E-state index in [4.69, 9.17) is 10.2 Å². The summed E-state index contributed by atoms with van der Waals surface area (Å²) in [5.41, 5.74) is 10.7. The van der Waals surface area contributed by atoms with Crippen molar-refractivity contribution < 1.29 is 4.42 Å². The zero-order valence-electron chi connectivity index (χ0n) is 12.5. The maximum atomic E-state index is 5.93. The Balaban J connectivity index is 2.20. The number of nitrogens with zero attached hydrogens (tertiary/aromatic N) is 3. The molecule has 3 heterocycles. The molecule has 3 aromatic heterocycles. The fourth-order valence-corrected chi connectivity index (χ4v) is 2.48. The van der Waals surface area contributed by atoms with Gasteiger partial charge in [-0.3, -0.25) is 4.98 Å². The number of rotatable bonds is 5. The Morgan fingerprint density at radius 1 is 1.05 bits per heavy atom. The van der Waals surface area contributed by atoms with E-state index in [2.05, 4.69) is 21.9 Å². The Labute approximate surface area is 129 Å². The van der Waals surface area contributed by atoms with Gasteiger partial charge in [0.05, 0.1) is 23.9 Å². The number of unbranched alkanes of at least 4 members (excludes halogenated alkanes) is 1. The molecule has 5 nitrogen and oxygen atoms in total. The molecule has 0 aliphatic heterocycles. The van der Waals surface area contributed by atoms with Gasteiger partial charge < -0.3 is 10.2 Å². The van der Waals surface area contributed by atoms with Crippen molar-refractivity contribution in [3.05, 3.63) is 48.7 Å². The van der Waals surface area contributed by atoms with Crippen LogP contribution < -0.4 is 5.73 Å². The minimum atomic E-state index is 0.267. The number of aromatic nitrogens is 3. The van der Waals surface area contributed by atoms with E-state index in [1.165, 1.54) is 0 Å². The van der Waals surface area contributed by atoms with E-state index in [1.54, 1.807) is 24.9 Å². The van der Waals surface area contributed by atoms with Crippen molar-refractivity contribution >= 4 is 5.95 Å². The van der Waals surface area contributed by atoms with Crippen LogP contribution in [0, 0.1) is 0 Å². The van der Waals surface area contributed by atoms with Crippen LogP contribution in [0.1, 0.15) is 25.3 Å². The molecule has 5 heteroatoms. The monoisotopic (exact) mass is 294 g/mol. The van der Waals surface area contributed by atoms with E-state index < -0.39 is 0 Å². The molecule has 0 aliphatic carbocycles. The fraction of sp³-hybridized carbons (Fsp3) is 0.235. The lowest BCUT2D eigenvalue weighted by Crippen LogP contribution is -2.05. The topological polar surface area (TPSA) is 77.8 Å². The van der Waals surface area contributed by atoms with Gasteiger partial charge in [-0.1, -0.05) is 13.3 Å². The second kappa shape index (κ2) is 6.39. The molecule has 0 bridgehead atoms. The highest BCUT2D eigenvalue weighted by molar-refractivity contribution is 5.74. The normalized spacial score (nSPS) is 10.8. The summed E-state index contributed by atoms with van der Waals surface area (Å²) in [6.07, 6.45) is 9.91. The van der Waals surface area contributed by atoms with Gasteiger partial charge in [0.25, 0.3) is 0 Å². The Morgan fingerprint density at radius 3 is 2.41 bits per heavy atom.